The quantitative estimate of drug-likeness (QED) is 0.0736. The number of anilines is 4. The molecule has 86 heavy (non-hydrogen) atoms. The molecule has 14 heteroatoms. The van der Waals surface area contributed by atoms with Crippen molar-refractivity contribution in [1.82, 2.24) is 9.80 Å². The number of halogens is 2. The predicted molar refractivity (Wildman–Crippen MR) is 354 cm³/mol. The molecule has 0 aromatic heterocycles. The Hall–Kier alpha value is -6.44. The number of hydrogen-bond acceptors (Lipinski definition) is 10. The number of amides is 2. The minimum atomic E-state index is -0.325. The van der Waals surface area contributed by atoms with E-state index < -0.39 is 0 Å². The molecule has 0 unspecified atom stereocenters. The number of fused-ring (bicyclic) bond motifs is 2. The third-order valence-electron chi connectivity index (χ3n) is 18.6. The Morgan fingerprint density at radius 3 is 1.12 bits per heavy atom. The highest BCUT2D eigenvalue weighted by Crippen LogP contribution is 2.47. The van der Waals surface area contributed by atoms with E-state index in [0.717, 1.165) is 70.7 Å². The molecular formula is C72H92Cl2N6O6. The van der Waals surface area contributed by atoms with E-state index >= 15 is 0 Å². The van der Waals surface area contributed by atoms with Gasteiger partial charge in [0.1, 0.15) is 0 Å². The van der Waals surface area contributed by atoms with E-state index in [1.807, 2.05) is 70.5 Å². The van der Waals surface area contributed by atoms with E-state index in [1.165, 1.54) is 62.7 Å². The lowest BCUT2D eigenvalue weighted by Gasteiger charge is -2.38. The van der Waals surface area contributed by atoms with Gasteiger partial charge in [-0.05, 0) is 249 Å². The van der Waals surface area contributed by atoms with Gasteiger partial charge in [-0.2, -0.15) is 0 Å². The molecule has 10 rings (SSSR count). The Kier molecular flexibility index (Phi) is 21.6. The second-order valence-electron chi connectivity index (χ2n) is 24.9. The number of benzene rings is 6. The van der Waals surface area contributed by atoms with Gasteiger partial charge in [0.05, 0.1) is 51.4 Å². The summed E-state index contributed by atoms with van der Waals surface area (Å²) < 4.78 is 24.0. The zero-order chi connectivity index (χ0) is 61.3. The Balaban J connectivity index is 0.000000205. The van der Waals surface area contributed by atoms with Gasteiger partial charge in [0.2, 0.25) is 11.8 Å². The number of carbonyl (C=O) groups excluding carboxylic acids is 2. The minimum Gasteiger partial charge on any atom is -0.493 e. The fraction of sp³-hybridized carbons (Fsp3) is 0.472. The number of methoxy groups -OCH3 is 2. The first-order valence-electron chi connectivity index (χ1n) is 31.2. The molecule has 2 heterocycles. The van der Waals surface area contributed by atoms with Crippen LogP contribution in [-0.4, -0.2) is 116 Å². The van der Waals surface area contributed by atoms with Gasteiger partial charge in [-0.25, -0.2) is 0 Å². The molecular weight excluding hydrogens is 1120 g/mol. The fourth-order valence-electron chi connectivity index (χ4n) is 13.2. The molecule has 0 N–H and O–H groups in total. The van der Waals surface area contributed by atoms with Crippen molar-refractivity contribution in [1.29, 1.82) is 0 Å². The maximum absolute atomic E-state index is 13.9. The van der Waals surface area contributed by atoms with Crippen LogP contribution in [0.5, 0.6) is 23.0 Å². The summed E-state index contributed by atoms with van der Waals surface area (Å²) in [7, 11) is 16.4. The second-order valence-corrected chi connectivity index (χ2v) is 25.8. The predicted octanol–water partition coefficient (Wildman–Crippen LogP) is 15.5. The van der Waals surface area contributed by atoms with E-state index in [2.05, 4.69) is 150 Å². The Morgan fingerprint density at radius 1 is 0.477 bits per heavy atom. The lowest BCUT2D eigenvalue weighted by atomic mass is 9.85. The highest BCUT2D eigenvalue weighted by Gasteiger charge is 2.38. The van der Waals surface area contributed by atoms with E-state index in [9.17, 15) is 9.59 Å². The van der Waals surface area contributed by atoms with Gasteiger partial charge in [0, 0.05) is 72.1 Å². The molecule has 4 atom stereocenters. The average Bonchev–Trinajstić information content (AvgIpc) is 1.29. The number of hydrogen-bond donors (Lipinski definition) is 0. The van der Waals surface area contributed by atoms with Crippen LogP contribution in [0, 0.1) is 11.8 Å². The highest BCUT2D eigenvalue weighted by molar-refractivity contribution is 6.30. The number of nitrogens with zero attached hydrogens (tertiary/aromatic N) is 6. The molecule has 4 aliphatic rings. The van der Waals surface area contributed by atoms with Crippen LogP contribution in [0.25, 0.3) is 0 Å². The van der Waals surface area contributed by atoms with Crippen LogP contribution in [0.4, 0.5) is 22.7 Å². The summed E-state index contributed by atoms with van der Waals surface area (Å²) in [6.45, 7) is 10.4. The third kappa shape index (κ3) is 15.1. The van der Waals surface area contributed by atoms with Gasteiger partial charge in [0.25, 0.3) is 0 Å². The summed E-state index contributed by atoms with van der Waals surface area (Å²) >= 11 is 12.6. The minimum absolute atomic E-state index is 0.0369. The monoisotopic (exact) mass is 1210 g/mol. The van der Waals surface area contributed by atoms with E-state index in [4.69, 9.17) is 42.1 Å². The second kappa shape index (κ2) is 29.0. The first-order valence-corrected chi connectivity index (χ1v) is 32.0. The molecule has 0 bridgehead atoms. The average molecular weight is 1210 g/mol. The van der Waals surface area contributed by atoms with Crippen molar-refractivity contribution >= 4 is 57.8 Å². The Bertz CT molecular complexity index is 2980. The maximum atomic E-state index is 13.9. The lowest BCUT2D eigenvalue weighted by molar-refractivity contribution is -0.119. The van der Waals surface area contributed by atoms with Crippen molar-refractivity contribution in [2.45, 2.75) is 141 Å². The summed E-state index contributed by atoms with van der Waals surface area (Å²) in [4.78, 5) is 41.1. The molecule has 2 aliphatic carbocycles. The van der Waals surface area contributed by atoms with Crippen molar-refractivity contribution in [3.63, 3.8) is 0 Å². The Labute approximate surface area is 523 Å². The fourth-order valence-corrected chi connectivity index (χ4v) is 13.4. The summed E-state index contributed by atoms with van der Waals surface area (Å²) in [5.41, 5.74) is 10.1. The largest absolute Gasteiger partial charge is 0.493 e. The molecule has 2 fully saturated rings. The smallest absolute Gasteiger partial charge is 0.232 e. The van der Waals surface area contributed by atoms with Gasteiger partial charge in [-0.3, -0.25) is 9.59 Å². The zero-order valence-corrected chi connectivity index (χ0v) is 54.5. The van der Waals surface area contributed by atoms with Gasteiger partial charge in [-0.15, -0.1) is 0 Å². The molecule has 0 saturated heterocycles. The number of rotatable bonds is 20. The van der Waals surface area contributed by atoms with Crippen LogP contribution in [0.2, 0.25) is 10.0 Å². The summed E-state index contributed by atoms with van der Waals surface area (Å²) in [5.74, 6) is 4.20. The molecule has 2 aliphatic heterocycles. The van der Waals surface area contributed by atoms with Gasteiger partial charge in [-0.1, -0.05) is 61.3 Å². The van der Waals surface area contributed by atoms with Gasteiger partial charge >= 0.3 is 0 Å². The molecule has 2 saturated carbocycles. The Morgan fingerprint density at radius 2 is 0.814 bits per heavy atom. The van der Waals surface area contributed by atoms with E-state index in [0.29, 0.717) is 57.0 Å². The van der Waals surface area contributed by atoms with E-state index in [-0.39, 0.29) is 48.9 Å². The molecule has 6 aromatic carbocycles. The topological polar surface area (TPSA) is 90.5 Å². The van der Waals surface area contributed by atoms with Crippen LogP contribution >= 0.6 is 23.2 Å². The first kappa shape index (κ1) is 64.0. The molecule has 2 amide bonds. The lowest BCUT2D eigenvalue weighted by Crippen LogP contribution is -2.41. The van der Waals surface area contributed by atoms with Crippen LogP contribution < -0.4 is 38.5 Å². The van der Waals surface area contributed by atoms with Gasteiger partial charge < -0.3 is 48.3 Å². The number of ether oxygens (including phenoxy) is 4. The molecule has 12 nitrogen and oxygen atoms in total. The molecule has 460 valence electrons. The maximum Gasteiger partial charge on any atom is 0.232 e. The van der Waals surface area contributed by atoms with E-state index in [1.54, 1.807) is 14.2 Å². The standard InChI is InChI=1S/2C36H46ClN3O3/c2*1-7-24(2)43-34-22-32-27(20-33(34)42-6)21-35(41)40(36(32)26-10-12-28(37)13-11-26)31-18-16-30(17-19-31)39(5)23-25-8-14-29(15-9-25)38(3)4/h2*10-13,16-20,22,24-25,29,36H,7-9,14-15,21,23H2,1-6H3/t24-,25?,29?,36+;24-,25?,29?,36-/m11/s1. The SMILES string of the molecule is CC[C@@H](C)Oc1cc2c(cc1OC)CC(=O)N(c1ccc(N(C)CC3CCC(N(C)C)CC3)cc1)[C@@H]2c1ccc(Cl)cc1.CC[C@@H](C)Oc1cc2c(cc1OC)CC(=O)N(c1ccc(N(C)CC3CCC(N(C)C)CC3)cc1)[C@H]2c1ccc(Cl)cc1. The molecule has 0 spiro atoms. The van der Waals surface area contributed by atoms with Crippen molar-refractivity contribution < 1.29 is 28.5 Å². The first-order chi connectivity index (χ1) is 41.4. The normalized spacial score (nSPS) is 21.0. The summed E-state index contributed by atoms with van der Waals surface area (Å²) in [6.07, 6.45) is 12.6. The summed E-state index contributed by atoms with van der Waals surface area (Å²) in [5, 5.41) is 1.33. The number of carbonyl (C=O) groups is 2. The van der Waals surface area contributed by atoms with Crippen molar-refractivity contribution in [3.8, 4) is 23.0 Å². The van der Waals surface area contributed by atoms with Crippen molar-refractivity contribution in [2.24, 2.45) is 11.8 Å². The summed E-state index contributed by atoms with van der Waals surface area (Å²) in [6, 6.07) is 41.3. The van der Waals surface area contributed by atoms with Crippen molar-refractivity contribution in [3.05, 3.63) is 165 Å². The molecule has 0 radical (unpaired) electrons. The third-order valence-corrected chi connectivity index (χ3v) is 19.2. The van der Waals surface area contributed by atoms with Crippen LogP contribution in [0.15, 0.2) is 121 Å². The zero-order valence-electron chi connectivity index (χ0n) is 53.0. The van der Waals surface area contributed by atoms with Gasteiger partial charge in [0.15, 0.2) is 23.0 Å². The van der Waals surface area contributed by atoms with Crippen LogP contribution in [0.1, 0.15) is 137 Å². The van der Waals surface area contributed by atoms with Crippen molar-refractivity contribution in [2.75, 3.05) is 89.2 Å². The highest BCUT2D eigenvalue weighted by atomic mass is 35.5. The van der Waals surface area contributed by atoms with Crippen LogP contribution in [-0.2, 0) is 22.4 Å². The molecule has 6 aromatic rings. The van der Waals surface area contributed by atoms with Crippen LogP contribution in [0.3, 0.4) is 0 Å².